The fourth-order valence-corrected chi connectivity index (χ4v) is 3.15. The van der Waals surface area contributed by atoms with E-state index in [1.807, 2.05) is 19.9 Å². The van der Waals surface area contributed by atoms with Gasteiger partial charge in [0.2, 0.25) is 0 Å². The fourth-order valence-electron chi connectivity index (χ4n) is 3.15. The molecule has 0 fully saturated rings. The lowest BCUT2D eigenvalue weighted by molar-refractivity contribution is 0.0844. The molecule has 3 aromatic carbocycles. The van der Waals surface area contributed by atoms with E-state index in [0.717, 1.165) is 11.1 Å². The molecular formula is C25H24N2O5. The lowest BCUT2D eigenvalue weighted by Gasteiger charge is -2.12. The Balaban J connectivity index is 1.77. The van der Waals surface area contributed by atoms with E-state index in [-0.39, 0.29) is 22.5 Å². The summed E-state index contributed by atoms with van der Waals surface area (Å²) in [7, 11) is 2.96. The van der Waals surface area contributed by atoms with Crippen LogP contribution in [-0.4, -0.2) is 31.8 Å². The van der Waals surface area contributed by atoms with Crippen LogP contribution in [0.5, 0.6) is 11.5 Å². The minimum absolute atomic E-state index is 0.156. The fraction of sp³-hybridized carbons (Fsp3) is 0.160. The minimum Gasteiger partial charge on any atom is -0.493 e. The van der Waals surface area contributed by atoms with Gasteiger partial charge in [-0.1, -0.05) is 30.3 Å². The van der Waals surface area contributed by atoms with E-state index in [9.17, 15) is 14.4 Å². The Bertz CT molecular complexity index is 1190. The summed E-state index contributed by atoms with van der Waals surface area (Å²) in [5.74, 6) is -0.559. The molecule has 3 rings (SSSR count). The van der Waals surface area contributed by atoms with Gasteiger partial charge in [-0.2, -0.15) is 0 Å². The van der Waals surface area contributed by atoms with Crippen molar-refractivity contribution in [2.24, 2.45) is 0 Å². The van der Waals surface area contributed by atoms with E-state index in [4.69, 9.17) is 9.47 Å². The number of hydrogen-bond acceptors (Lipinski definition) is 5. The van der Waals surface area contributed by atoms with Gasteiger partial charge in [-0.05, 0) is 55.3 Å². The molecule has 0 aliphatic carbocycles. The molecule has 0 aliphatic rings. The largest absolute Gasteiger partial charge is 0.493 e. The van der Waals surface area contributed by atoms with E-state index in [0.29, 0.717) is 17.1 Å². The molecule has 7 nitrogen and oxygen atoms in total. The van der Waals surface area contributed by atoms with Gasteiger partial charge in [0.15, 0.2) is 17.3 Å². The van der Waals surface area contributed by atoms with Crippen molar-refractivity contribution >= 4 is 17.6 Å². The molecule has 0 saturated carbocycles. The highest BCUT2D eigenvalue weighted by molar-refractivity contribution is 6.15. The van der Waals surface area contributed by atoms with Gasteiger partial charge in [0.1, 0.15) is 0 Å². The number of carbonyl (C=O) groups excluding carboxylic acids is 3. The van der Waals surface area contributed by atoms with E-state index < -0.39 is 11.8 Å². The van der Waals surface area contributed by atoms with E-state index in [1.54, 1.807) is 42.5 Å². The summed E-state index contributed by atoms with van der Waals surface area (Å²) in [4.78, 5) is 38.3. The lowest BCUT2D eigenvalue weighted by atomic mass is 9.96. The van der Waals surface area contributed by atoms with E-state index in [2.05, 4.69) is 10.9 Å². The molecule has 32 heavy (non-hydrogen) atoms. The van der Waals surface area contributed by atoms with Crippen LogP contribution in [0.1, 0.15) is 47.8 Å². The second-order valence-corrected chi connectivity index (χ2v) is 7.15. The molecular weight excluding hydrogens is 408 g/mol. The van der Waals surface area contributed by atoms with Gasteiger partial charge < -0.3 is 9.47 Å². The highest BCUT2D eigenvalue weighted by Gasteiger charge is 2.19. The quantitative estimate of drug-likeness (QED) is 0.458. The van der Waals surface area contributed by atoms with Crippen LogP contribution in [0, 0.1) is 13.8 Å². The van der Waals surface area contributed by atoms with E-state index >= 15 is 0 Å². The second-order valence-electron chi connectivity index (χ2n) is 7.15. The average molecular weight is 432 g/mol. The molecule has 0 bridgehead atoms. The maximum absolute atomic E-state index is 13.0. The van der Waals surface area contributed by atoms with E-state index in [1.165, 1.54) is 26.4 Å². The molecule has 0 atom stereocenters. The van der Waals surface area contributed by atoms with Gasteiger partial charge in [-0.15, -0.1) is 0 Å². The first-order chi connectivity index (χ1) is 15.3. The number of hydrazine groups is 1. The molecule has 0 aliphatic heterocycles. The Morgan fingerprint density at radius 2 is 1.28 bits per heavy atom. The Labute approximate surface area is 186 Å². The molecule has 0 spiro atoms. The van der Waals surface area contributed by atoms with Crippen molar-refractivity contribution in [1.82, 2.24) is 10.9 Å². The Morgan fingerprint density at radius 1 is 0.656 bits per heavy atom. The van der Waals surface area contributed by atoms with Crippen LogP contribution in [0.4, 0.5) is 0 Å². The van der Waals surface area contributed by atoms with Gasteiger partial charge >= 0.3 is 0 Å². The summed E-state index contributed by atoms with van der Waals surface area (Å²) in [6.07, 6.45) is 0. The predicted molar refractivity (Wildman–Crippen MR) is 120 cm³/mol. The van der Waals surface area contributed by atoms with Gasteiger partial charge in [0.05, 0.1) is 19.8 Å². The van der Waals surface area contributed by atoms with Crippen molar-refractivity contribution in [2.75, 3.05) is 14.2 Å². The summed E-state index contributed by atoms with van der Waals surface area (Å²) in [6, 6.07) is 16.5. The first-order valence-electron chi connectivity index (χ1n) is 9.89. The number of methoxy groups -OCH3 is 2. The van der Waals surface area contributed by atoms with Crippen molar-refractivity contribution in [3.63, 3.8) is 0 Å². The summed E-state index contributed by atoms with van der Waals surface area (Å²) < 4.78 is 10.3. The minimum atomic E-state index is -0.605. The second kappa shape index (κ2) is 9.78. The number of carbonyl (C=O) groups is 3. The van der Waals surface area contributed by atoms with Crippen LogP contribution in [0.25, 0.3) is 0 Å². The number of aryl methyl sites for hydroxylation is 2. The van der Waals surface area contributed by atoms with Crippen LogP contribution in [0.15, 0.2) is 60.7 Å². The topological polar surface area (TPSA) is 93.7 Å². The standard InChI is InChI=1S/C25H24N2O5/c1-15-9-10-17(13-16(15)2)23(28)19-7-5-6-8-20(19)25(30)27-26-24(29)18-11-12-21(31-3)22(14-18)32-4/h5-14H,1-4H3,(H,26,29)(H,27,30). The molecule has 2 amide bonds. The maximum Gasteiger partial charge on any atom is 0.270 e. The SMILES string of the molecule is COc1ccc(C(=O)NNC(=O)c2ccccc2C(=O)c2ccc(C)c(C)c2)cc1OC. The number of hydrogen-bond donors (Lipinski definition) is 2. The normalized spacial score (nSPS) is 10.2. The third kappa shape index (κ3) is 4.78. The van der Waals surface area contributed by atoms with Crippen LogP contribution in [0.3, 0.4) is 0 Å². The zero-order valence-electron chi connectivity index (χ0n) is 18.3. The molecule has 164 valence electrons. The van der Waals surface area contributed by atoms with Gasteiger partial charge in [0, 0.05) is 16.7 Å². The molecule has 0 heterocycles. The Morgan fingerprint density at radius 3 is 1.94 bits per heavy atom. The van der Waals surface area contributed by atoms with Crippen LogP contribution in [-0.2, 0) is 0 Å². The zero-order valence-corrected chi connectivity index (χ0v) is 18.3. The Kier molecular flexibility index (Phi) is 6.90. The maximum atomic E-state index is 13.0. The lowest BCUT2D eigenvalue weighted by Crippen LogP contribution is -2.42. The number of rotatable bonds is 6. The van der Waals surface area contributed by atoms with Gasteiger partial charge in [-0.25, -0.2) is 0 Å². The summed E-state index contributed by atoms with van der Waals surface area (Å²) in [5.41, 5.74) is 7.95. The smallest absolute Gasteiger partial charge is 0.270 e. The molecule has 7 heteroatoms. The first kappa shape index (κ1) is 22.6. The zero-order chi connectivity index (χ0) is 23.3. The third-order valence-corrected chi connectivity index (χ3v) is 5.12. The highest BCUT2D eigenvalue weighted by atomic mass is 16.5. The first-order valence-corrected chi connectivity index (χ1v) is 9.89. The van der Waals surface area contributed by atoms with Crippen molar-refractivity contribution in [3.05, 3.63) is 94.0 Å². The number of ether oxygens (including phenoxy) is 2. The predicted octanol–water partition coefficient (Wildman–Crippen LogP) is 3.63. The molecule has 0 radical (unpaired) electrons. The average Bonchev–Trinajstić information content (AvgIpc) is 2.83. The Hall–Kier alpha value is -4.13. The van der Waals surface area contributed by atoms with Crippen molar-refractivity contribution in [1.29, 1.82) is 0 Å². The number of ketones is 1. The van der Waals surface area contributed by atoms with Crippen LogP contribution < -0.4 is 20.3 Å². The number of nitrogens with one attached hydrogen (secondary N) is 2. The summed E-state index contributed by atoms with van der Waals surface area (Å²) in [5, 5.41) is 0. The van der Waals surface area contributed by atoms with Crippen LogP contribution >= 0.6 is 0 Å². The summed E-state index contributed by atoms with van der Waals surface area (Å²) in [6.45, 7) is 3.89. The van der Waals surface area contributed by atoms with Gasteiger partial charge in [0.25, 0.3) is 11.8 Å². The van der Waals surface area contributed by atoms with Crippen molar-refractivity contribution in [3.8, 4) is 11.5 Å². The van der Waals surface area contributed by atoms with Crippen LogP contribution in [0.2, 0.25) is 0 Å². The molecule has 0 aromatic heterocycles. The highest BCUT2D eigenvalue weighted by Crippen LogP contribution is 2.27. The summed E-state index contributed by atoms with van der Waals surface area (Å²) >= 11 is 0. The third-order valence-electron chi connectivity index (χ3n) is 5.12. The monoisotopic (exact) mass is 432 g/mol. The van der Waals surface area contributed by atoms with Gasteiger partial charge in [-0.3, -0.25) is 25.2 Å². The molecule has 0 saturated heterocycles. The molecule has 0 unspecified atom stereocenters. The molecule has 2 N–H and O–H groups in total. The van der Waals surface area contributed by atoms with Crippen molar-refractivity contribution in [2.45, 2.75) is 13.8 Å². The molecule has 3 aromatic rings. The van der Waals surface area contributed by atoms with Crippen molar-refractivity contribution < 1.29 is 23.9 Å². The number of amides is 2. The number of benzene rings is 3.